The van der Waals surface area contributed by atoms with Gasteiger partial charge >= 0.3 is 6.03 Å². The number of nitriles is 1. The third-order valence-corrected chi connectivity index (χ3v) is 5.75. The molecule has 1 aliphatic rings. The molecule has 1 heterocycles. The Balaban J connectivity index is 1.76. The van der Waals surface area contributed by atoms with Crippen molar-refractivity contribution in [3.63, 3.8) is 0 Å². The van der Waals surface area contributed by atoms with E-state index in [1.54, 1.807) is 24.3 Å². The van der Waals surface area contributed by atoms with Crippen LogP contribution in [0.3, 0.4) is 0 Å². The number of carbonyl (C=O) groups excluding carboxylic acids is 3. The van der Waals surface area contributed by atoms with Gasteiger partial charge in [0.05, 0.1) is 17.5 Å². The van der Waals surface area contributed by atoms with E-state index in [1.807, 2.05) is 6.07 Å². The van der Waals surface area contributed by atoms with Crippen molar-refractivity contribution in [1.82, 2.24) is 10.2 Å². The van der Waals surface area contributed by atoms with E-state index in [1.165, 1.54) is 24.8 Å². The van der Waals surface area contributed by atoms with Crippen molar-refractivity contribution in [3.8, 4) is 6.07 Å². The maximum atomic E-state index is 13.4. The highest BCUT2D eigenvalue weighted by molar-refractivity contribution is 7.99. The zero-order valence-electron chi connectivity index (χ0n) is 15.7. The topological polar surface area (TPSA) is 102 Å². The molecule has 1 aliphatic heterocycles. The van der Waals surface area contributed by atoms with Crippen LogP contribution in [-0.2, 0) is 15.1 Å². The van der Waals surface area contributed by atoms with Crippen LogP contribution in [0.5, 0.6) is 0 Å². The smallest absolute Gasteiger partial charge is 0.324 e. The minimum absolute atomic E-state index is 0.0131. The second-order valence-corrected chi connectivity index (χ2v) is 7.99. The summed E-state index contributed by atoms with van der Waals surface area (Å²) in [5.74, 6) is -1.63. The third kappa shape index (κ3) is 4.25. The van der Waals surface area contributed by atoms with E-state index in [0.717, 1.165) is 17.0 Å². The molecule has 3 rings (SSSR count). The van der Waals surface area contributed by atoms with Crippen LogP contribution in [-0.4, -0.2) is 35.0 Å². The average Bonchev–Trinajstić information content (AvgIpc) is 2.91. The van der Waals surface area contributed by atoms with Gasteiger partial charge < -0.3 is 10.6 Å². The van der Waals surface area contributed by atoms with Gasteiger partial charge in [-0.1, -0.05) is 29.8 Å². The van der Waals surface area contributed by atoms with Crippen LogP contribution in [0.15, 0.2) is 47.4 Å². The Kier molecular flexibility index (Phi) is 6.29. The first kappa shape index (κ1) is 21.6. The van der Waals surface area contributed by atoms with Crippen molar-refractivity contribution in [2.75, 3.05) is 17.6 Å². The first-order chi connectivity index (χ1) is 14.3. The maximum Gasteiger partial charge on any atom is 0.325 e. The molecule has 1 fully saturated rings. The number of anilines is 1. The quantitative estimate of drug-likeness (QED) is 0.522. The number of para-hydroxylation sites is 1. The summed E-state index contributed by atoms with van der Waals surface area (Å²) in [6.45, 7) is 0.925. The summed E-state index contributed by atoms with van der Waals surface area (Å²) >= 11 is 7.32. The maximum absolute atomic E-state index is 13.4. The van der Waals surface area contributed by atoms with Gasteiger partial charge in [-0.3, -0.25) is 14.5 Å². The molecule has 2 aromatic rings. The van der Waals surface area contributed by atoms with Crippen LogP contribution < -0.4 is 10.6 Å². The van der Waals surface area contributed by atoms with Crippen molar-refractivity contribution in [2.24, 2.45) is 0 Å². The van der Waals surface area contributed by atoms with Crippen molar-refractivity contribution in [1.29, 1.82) is 5.26 Å². The van der Waals surface area contributed by atoms with Crippen LogP contribution in [0.2, 0.25) is 5.02 Å². The zero-order valence-corrected chi connectivity index (χ0v) is 17.3. The molecule has 0 aromatic heterocycles. The fraction of sp³-hybridized carbons (Fsp3) is 0.200. The van der Waals surface area contributed by atoms with E-state index in [4.69, 9.17) is 16.9 Å². The number of thioether (sulfide) groups is 1. The molecule has 0 spiro atoms. The molecule has 30 heavy (non-hydrogen) atoms. The minimum atomic E-state index is -1.53. The number of nitrogens with zero attached hydrogens (tertiary/aromatic N) is 2. The van der Waals surface area contributed by atoms with E-state index in [-0.39, 0.29) is 16.3 Å². The van der Waals surface area contributed by atoms with E-state index >= 15 is 0 Å². The van der Waals surface area contributed by atoms with E-state index < -0.39 is 35.7 Å². The molecule has 0 aliphatic carbocycles. The number of carbonyl (C=O) groups is 3. The largest absolute Gasteiger partial charge is 0.325 e. The molecule has 1 atom stereocenters. The Hall–Kier alpha value is -3.09. The Morgan fingerprint density at radius 3 is 2.77 bits per heavy atom. The van der Waals surface area contributed by atoms with Gasteiger partial charge in [-0.2, -0.15) is 5.26 Å². The Labute approximate surface area is 181 Å². The van der Waals surface area contributed by atoms with Crippen LogP contribution in [0, 0.1) is 17.1 Å². The summed E-state index contributed by atoms with van der Waals surface area (Å²) in [7, 11) is 0. The molecule has 10 heteroatoms. The standard InChI is InChI=1S/C20H16ClFN4O3S/c1-20(13-7-6-12(22)10-14(13)21)18(28)26(19(29)25-20)11-17(27)24-15-4-2-3-5-16(15)30-9-8-23/h2-7,10H,9,11H2,1H3,(H,24,27)(H,25,29). The van der Waals surface area contributed by atoms with Crippen LogP contribution >= 0.6 is 23.4 Å². The lowest BCUT2D eigenvalue weighted by atomic mass is 9.92. The molecule has 7 nitrogen and oxygen atoms in total. The lowest BCUT2D eigenvalue weighted by Gasteiger charge is -2.23. The van der Waals surface area contributed by atoms with Gasteiger partial charge in [0.15, 0.2) is 0 Å². The van der Waals surface area contributed by atoms with Crippen LogP contribution in [0.4, 0.5) is 14.9 Å². The van der Waals surface area contributed by atoms with E-state index in [9.17, 15) is 18.8 Å². The van der Waals surface area contributed by atoms with Crippen molar-refractivity contribution in [2.45, 2.75) is 17.4 Å². The van der Waals surface area contributed by atoms with Crippen LogP contribution in [0.1, 0.15) is 12.5 Å². The number of urea groups is 1. The predicted octanol–water partition coefficient (Wildman–Crippen LogP) is 3.50. The van der Waals surface area contributed by atoms with E-state index in [2.05, 4.69) is 10.6 Å². The number of amides is 4. The normalized spacial score (nSPS) is 18.1. The van der Waals surface area contributed by atoms with Gasteiger partial charge in [-0.15, -0.1) is 11.8 Å². The number of hydrogen-bond acceptors (Lipinski definition) is 5. The third-order valence-electron chi connectivity index (χ3n) is 4.50. The van der Waals surface area contributed by atoms with Crippen molar-refractivity contribution >= 4 is 46.9 Å². The molecule has 2 aromatic carbocycles. The zero-order chi connectivity index (χ0) is 21.9. The lowest BCUT2D eigenvalue weighted by molar-refractivity contribution is -0.133. The predicted molar refractivity (Wildman–Crippen MR) is 110 cm³/mol. The Morgan fingerprint density at radius 1 is 1.33 bits per heavy atom. The summed E-state index contributed by atoms with van der Waals surface area (Å²) in [6, 6.07) is 11.6. The molecule has 1 saturated heterocycles. The molecule has 2 N–H and O–H groups in total. The van der Waals surface area contributed by atoms with Gasteiger partial charge in [0.1, 0.15) is 17.9 Å². The highest BCUT2D eigenvalue weighted by atomic mass is 35.5. The molecule has 154 valence electrons. The first-order valence-electron chi connectivity index (χ1n) is 8.74. The first-order valence-corrected chi connectivity index (χ1v) is 10.1. The lowest BCUT2D eigenvalue weighted by Crippen LogP contribution is -2.42. The van der Waals surface area contributed by atoms with Gasteiger partial charge in [0.2, 0.25) is 5.91 Å². The van der Waals surface area contributed by atoms with Gasteiger partial charge in [0, 0.05) is 15.5 Å². The highest BCUT2D eigenvalue weighted by Crippen LogP contribution is 2.34. The number of benzene rings is 2. The van der Waals surface area contributed by atoms with Gasteiger partial charge in [-0.25, -0.2) is 9.18 Å². The fourth-order valence-electron chi connectivity index (χ4n) is 3.06. The summed E-state index contributed by atoms with van der Waals surface area (Å²) in [4.78, 5) is 39.3. The number of imide groups is 1. The number of rotatable bonds is 6. The summed E-state index contributed by atoms with van der Waals surface area (Å²) in [5.41, 5.74) is -0.827. The second-order valence-electron chi connectivity index (χ2n) is 6.56. The molecular formula is C20H16ClFN4O3S. The van der Waals surface area contributed by atoms with Crippen molar-refractivity contribution in [3.05, 3.63) is 58.9 Å². The summed E-state index contributed by atoms with van der Waals surface area (Å²) < 4.78 is 13.4. The van der Waals surface area contributed by atoms with E-state index in [0.29, 0.717) is 10.6 Å². The molecule has 0 saturated carbocycles. The second kappa shape index (κ2) is 8.73. The van der Waals surface area contributed by atoms with Gasteiger partial charge in [0.25, 0.3) is 5.91 Å². The monoisotopic (exact) mass is 446 g/mol. The minimum Gasteiger partial charge on any atom is -0.324 e. The van der Waals surface area contributed by atoms with Crippen molar-refractivity contribution < 1.29 is 18.8 Å². The average molecular weight is 447 g/mol. The summed E-state index contributed by atoms with van der Waals surface area (Å²) in [6.07, 6.45) is 0. The molecule has 1 unspecified atom stereocenters. The van der Waals surface area contributed by atoms with Crippen LogP contribution in [0.25, 0.3) is 0 Å². The Bertz CT molecular complexity index is 1070. The molecule has 0 bridgehead atoms. The van der Waals surface area contributed by atoms with Gasteiger partial charge in [-0.05, 0) is 31.2 Å². The number of hydrogen-bond donors (Lipinski definition) is 2. The Morgan fingerprint density at radius 2 is 2.07 bits per heavy atom. The molecular weight excluding hydrogens is 431 g/mol. The molecule has 0 radical (unpaired) electrons. The number of halogens is 2. The number of nitrogens with one attached hydrogen (secondary N) is 2. The fourth-order valence-corrected chi connectivity index (χ4v) is 4.08. The highest BCUT2D eigenvalue weighted by Gasteiger charge is 2.50. The SMILES string of the molecule is CC1(c2ccc(F)cc2Cl)NC(=O)N(CC(=O)Nc2ccccc2SCC#N)C1=O. The summed E-state index contributed by atoms with van der Waals surface area (Å²) in [5, 5.41) is 13.9. The molecule has 4 amide bonds.